The van der Waals surface area contributed by atoms with Gasteiger partial charge in [0.15, 0.2) is 0 Å². The van der Waals surface area contributed by atoms with Gasteiger partial charge in [-0.2, -0.15) is 16.9 Å². The highest BCUT2D eigenvalue weighted by atomic mass is 32.2. The third kappa shape index (κ3) is 5.63. The zero-order chi connectivity index (χ0) is 12.7. The zero-order valence-corrected chi connectivity index (χ0v) is 11.2. The second-order valence-corrected chi connectivity index (χ2v) is 5.29. The first-order valence-electron chi connectivity index (χ1n) is 5.78. The highest BCUT2D eigenvalue weighted by molar-refractivity contribution is 7.99. The Morgan fingerprint density at radius 3 is 3.06 bits per heavy atom. The highest BCUT2D eigenvalue weighted by Gasteiger charge is 2.08. The Kier molecular flexibility index (Phi) is 5.90. The minimum absolute atomic E-state index is 0.0258. The first-order valence-corrected chi connectivity index (χ1v) is 6.93. The molecule has 1 amide bonds. The average Bonchev–Trinajstić information content (AvgIpc) is 2.64. The molecule has 1 unspecified atom stereocenters. The molecule has 1 atom stereocenters. The van der Waals surface area contributed by atoms with Gasteiger partial charge >= 0.3 is 0 Å². The van der Waals surface area contributed by atoms with E-state index in [1.165, 1.54) is 4.68 Å². The van der Waals surface area contributed by atoms with Crippen LogP contribution in [-0.2, 0) is 11.3 Å². The van der Waals surface area contributed by atoms with E-state index in [2.05, 4.69) is 17.3 Å². The largest absolute Gasteiger partial charge is 0.382 e. The first kappa shape index (κ1) is 13.9. The number of anilines is 1. The average molecular weight is 256 g/mol. The van der Waals surface area contributed by atoms with Crippen molar-refractivity contribution in [2.24, 2.45) is 0 Å². The summed E-state index contributed by atoms with van der Waals surface area (Å²) in [7, 11) is 0. The molecule has 3 N–H and O–H groups in total. The molecule has 17 heavy (non-hydrogen) atoms. The Morgan fingerprint density at radius 1 is 1.71 bits per heavy atom. The van der Waals surface area contributed by atoms with Crippen molar-refractivity contribution in [3.8, 4) is 0 Å². The number of hydrogen-bond donors (Lipinski definition) is 2. The first-order chi connectivity index (χ1) is 8.11. The van der Waals surface area contributed by atoms with Gasteiger partial charge in [-0.05, 0) is 30.9 Å². The van der Waals surface area contributed by atoms with Crippen molar-refractivity contribution in [1.29, 1.82) is 0 Å². The van der Waals surface area contributed by atoms with Crippen LogP contribution in [0.2, 0.25) is 0 Å². The van der Waals surface area contributed by atoms with Crippen molar-refractivity contribution in [2.45, 2.75) is 32.9 Å². The number of thioether (sulfide) groups is 1. The molecule has 0 bridgehead atoms. The molecule has 5 nitrogen and oxygen atoms in total. The van der Waals surface area contributed by atoms with E-state index in [0.717, 1.165) is 17.9 Å². The molecule has 0 aliphatic heterocycles. The van der Waals surface area contributed by atoms with Crippen LogP contribution >= 0.6 is 11.8 Å². The summed E-state index contributed by atoms with van der Waals surface area (Å²) in [5.41, 5.74) is 5.47. The number of carbonyl (C=O) groups excluding carboxylic acids is 1. The van der Waals surface area contributed by atoms with E-state index in [1.54, 1.807) is 12.3 Å². The van der Waals surface area contributed by atoms with E-state index in [0.29, 0.717) is 5.82 Å². The van der Waals surface area contributed by atoms with Gasteiger partial charge in [-0.15, -0.1) is 0 Å². The van der Waals surface area contributed by atoms with Crippen molar-refractivity contribution in [3.63, 3.8) is 0 Å². The maximum Gasteiger partial charge on any atom is 0.241 e. The minimum atomic E-state index is -0.0258. The standard InChI is InChI=1S/C11H20N4OS/c1-3-17-7-5-9(2)13-11(16)8-15-6-4-10(12)14-15/h4,6,9H,3,5,7-8H2,1-2H3,(H2,12,14)(H,13,16). The fraction of sp³-hybridized carbons (Fsp3) is 0.636. The summed E-state index contributed by atoms with van der Waals surface area (Å²) >= 11 is 1.89. The molecular formula is C11H20N4OS. The molecule has 96 valence electrons. The van der Waals surface area contributed by atoms with Gasteiger partial charge in [-0.1, -0.05) is 6.92 Å². The molecule has 0 aliphatic carbocycles. The summed E-state index contributed by atoms with van der Waals surface area (Å²) in [6.07, 6.45) is 2.69. The molecule has 1 aromatic rings. The number of nitrogens with two attached hydrogens (primary N) is 1. The monoisotopic (exact) mass is 256 g/mol. The van der Waals surface area contributed by atoms with Crippen LogP contribution in [0.5, 0.6) is 0 Å². The molecule has 1 aromatic heterocycles. The maximum absolute atomic E-state index is 11.6. The predicted molar refractivity (Wildman–Crippen MR) is 71.9 cm³/mol. The summed E-state index contributed by atoms with van der Waals surface area (Å²) < 4.78 is 1.54. The van der Waals surface area contributed by atoms with E-state index in [4.69, 9.17) is 5.73 Å². The molecule has 0 fully saturated rings. The third-order valence-corrected chi connectivity index (χ3v) is 3.21. The molecule has 0 aromatic carbocycles. The number of carbonyl (C=O) groups is 1. The van der Waals surface area contributed by atoms with E-state index in [1.807, 2.05) is 18.7 Å². The van der Waals surface area contributed by atoms with Gasteiger partial charge in [-0.3, -0.25) is 9.48 Å². The fourth-order valence-corrected chi connectivity index (χ4v) is 2.22. The number of nitrogens with one attached hydrogen (secondary N) is 1. The predicted octanol–water partition coefficient (Wildman–Crippen LogP) is 1.11. The fourth-order valence-electron chi connectivity index (χ4n) is 1.41. The van der Waals surface area contributed by atoms with Gasteiger partial charge in [0.1, 0.15) is 12.4 Å². The van der Waals surface area contributed by atoms with Gasteiger partial charge in [0, 0.05) is 12.2 Å². The van der Waals surface area contributed by atoms with Gasteiger partial charge in [0.25, 0.3) is 0 Å². The lowest BCUT2D eigenvalue weighted by Crippen LogP contribution is -2.35. The van der Waals surface area contributed by atoms with Gasteiger partial charge in [-0.25, -0.2) is 0 Å². The molecule has 0 aliphatic rings. The molecular weight excluding hydrogens is 236 g/mol. The molecule has 0 radical (unpaired) electrons. The molecule has 0 saturated heterocycles. The van der Waals surface area contributed by atoms with Crippen molar-refractivity contribution >= 4 is 23.5 Å². The lowest BCUT2D eigenvalue weighted by molar-refractivity contribution is -0.122. The van der Waals surface area contributed by atoms with Crippen molar-refractivity contribution < 1.29 is 4.79 Å². The number of aromatic nitrogens is 2. The topological polar surface area (TPSA) is 72.9 Å². The number of hydrogen-bond acceptors (Lipinski definition) is 4. The summed E-state index contributed by atoms with van der Waals surface area (Å²) in [6.45, 7) is 4.38. The van der Waals surface area contributed by atoms with Gasteiger partial charge < -0.3 is 11.1 Å². The zero-order valence-electron chi connectivity index (χ0n) is 10.3. The smallest absolute Gasteiger partial charge is 0.241 e. The number of nitrogens with zero attached hydrogens (tertiary/aromatic N) is 2. The van der Waals surface area contributed by atoms with Gasteiger partial charge in [0.05, 0.1) is 0 Å². The third-order valence-electron chi connectivity index (χ3n) is 2.27. The highest BCUT2D eigenvalue weighted by Crippen LogP contribution is 2.03. The van der Waals surface area contributed by atoms with Crippen LogP contribution in [-0.4, -0.2) is 33.2 Å². The van der Waals surface area contributed by atoms with Crippen molar-refractivity contribution in [2.75, 3.05) is 17.2 Å². The van der Waals surface area contributed by atoms with Crippen molar-refractivity contribution in [1.82, 2.24) is 15.1 Å². The van der Waals surface area contributed by atoms with Crippen LogP contribution in [0.25, 0.3) is 0 Å². The summed E-state index contributed by atoms with van der Waals surface area (Å²) in [4.78, 5) is 11.6. The van der Waals surface area contributed by atoms with Crippen LogP contribution in [0.3, 0.4) is 0 Å². The van der Waals surface area contributed by atoms with E-state index >= 15 is 0 Å². The number of amides is 1. The second-order valence-electron chi connectivity index (χ2n) is 3.89. The Morgan fingerprint density at radius 2 is 2.47 bits per heavy atom. The molecule has 0 saturated carbocycles. The van der Waals surface area contributed by atoms with Crippen LogP contribution in [0.4, 0.5) is 5.82 Å². The molecule has 6 heteroatoms. The maximum atomic E-state index is 11.6. The summed E-state index contributed by atoms with van der Waals surface area (Å²) in [5.74, 6) is 2.60. The van der Waals surface area contributed by atoms with E-state index in [-0.39, 0.29) is 18.5 Å². The van der Waals surface area contributed by atoms with Gasteiger partial charge in [0.2, 0.25) is 5.91 Å². The Bertz CT molecular complexity index is 353. The Hall–Kier alpha value is -1.17. The van der Waals surface area contributed by atoms with Crippen molar-refractivity contribution in [3.05, 3.63) is 12.3 Å². The van der Waals surface area contributed by atoms with Crippen LogP contribution in [0.1, 0.15) is 20.3 Å². The Labute approximate surface area is 106 Å². The van der Waals surface area contributed by atoms with E-state index < -0.39 is 0 Å². The van der Waals surface area contributed by atoms with Crippen LogP contribution in [0, 0.1) is 0 Å². The molecule has 1 heterocycles. The minimum Gasteiger partial charge on any atom is -0.382 e. The molecule has 0 spiro atoms. The lowest BCUT2D eigenvalue weighted by atomic mass is 10.2. The van der Waals surface area contributed by atoms with Crippen LogP contribution < -0.4 is 11.1 Å². The SMILES string of the molecule is CCSCCC(C)NC(=O)Cn1ccc(N)n1. The van der Waals surface area contributed by atoms with Crippen LogP contribution in [0.15, 0.2) is 12.3 Å². The number of rotatable bonds is 7. The lowest BCUT2D eigenvalue weighted by Gasteiger charge is -2.13. The normalized spacial score (nSPS) is 12.4. The second kappa shape index (κ2) is 7.21. The quantitative estimate of drug-likeness (QED) is 0.717. The molecule has 1 rings (SSSR count). The Balaban J connectivity index is 2.24. The van der Waals surface area contributed by atoms with E-state index in [9.17, 15) is 4.79 Å². The number of nitrogen functional groups attached to an aromatic ring is 1. The summed E-state index contributed by atoms with van der Waals surface area (Å²) in [5, 5.41) is 6.91. The summed E-state index contributed by atoms with van der Waals surface area (Å²) in [6, 6.07) is 1.88.